The van der Waals surface area contributed by atoms with E-state index in [1.54, 1.807) is 29.6 Å². The molecule has 0 spiro atoms. The average molecular weight is 613 g/mol. The molecule has 0 radical (unpaired) electrons. The van der Waals surface area contributed by atoms with E-state index in [-0.39, 0.29) is 48.2 Å². The van der Waals surface area contributed by atoms with Crippen molar-refractivity contribution >= 4 is 57.5 Å². The lowest BCUT2D eigenvalue weighted by Gasteiger charge is -2.21. The molecule has 0 bridgehead atoms. The molecule has 1 amide bonds. The van der Waals surface area contributed by atoms with Crippen molar-refractivity contribution in [2.24, 2.45) is 7.05 Å². The van der Waals surface area contributed by atoms with Crippen LogP contribution in [0.1, 0.15) is 52.9 Å². The second-order valence-electron chi connectivity index (χ2n) is 10.1. The highest BCUT2D eigenvalue weighted by Gasteiger charge is 2.31. The summed E-state index contributed by atoms with van der Waals surface area (Å²) in [5.41, 5.74) is 2.33. The molecule has 10 nitrogen and oxygen atoms in total. The molecular formula is C30H30Cl2N4O6. The Bertz CT molecular complexity index is 1630. The standard InChI is InChI=1S/C30H30Cl2N4O6/c1-35-16-22(21-6-3-4-7-26(21)35)29(39)34-25-14-23(31)18(13-24(25)32)12-19(37)17-41-36-11-5-8-27(36)30-33-15-20(42-30)9-10-28(38)40-2/h3-4,6-7,13-16,27H,5,8-12,17H2,1-2H3,(H,34,39)/t27-/m0/s1. The molecule has 0 saturated carbocycles. The number of fused-ring (bicyclic) bond motifs is 1. The van der Waals surface area contributed by atoms with E-state index in [2.05, 4.69) is 15.0 Å². The number of rotatable bonds is 11. The molecule has 220 valence electrons. The summed E-state index contributed by atoms with van der Waals surface area (Å²) in [6.07, 6.45) is 5.57. The molecule has 1 atom stereocenters. The Morgan fingerprint density at radius 2 is 1.98 bits per heavy atom. The second-order valence-corrected chi connectivity index (χ2v) is 10.9. The van der Waals surface area contributed by atoms with Gasteiger partial charge in [-0.3, -0.25) is 19.2 Å². The first kappa shape index (κ1) is 29.8. The van der Waals surface area contributed by atoms with Gasteiger partial charge in [0.25, 0.3) is 5.91 Å². The van der Waals surface area contributed by atoms with E-state index >= 15 is 0 Å². The molecule has 1 aliphatic rings. The lowest BCUT2D eigenvalue weighted by molar-refractivity contribution is -0.179. The Balaban J connectivity index is 1.17. The number of benzene rings is 2. The van der Waals surface area contributed by atoms with Gasteiger partial charge in [-0.05, 0) is 36.6 Å². The highest BCUT2D eigenvalue weighted by Crippen LogP contribution is 2.33. The van der Waals surface area contributed by atoms with E-state index in [0.717, 1.165) is 23.7 Å². The first-order valence-corrected chi connectivity index (χ1v) is 14.2. The normalized spacial score (nSPS) is 15.3. The third-order valence-electron chi connectivity index (χ3n) is 7.17. The molecule has 1 N–H and O–H groups in total. The largest absolute Gasteiger partial charge is 0.469 e. The number of esters is 1. The lowest BCUT2D eigenvalue weighted by Crippen LogP contribution is -2.27. The minimum atomic E-state index is -0.320. The van der Waals surface area contributed by atoms with Crippen LogP contribution >= 0.6 is 23.2 Å². The Labute approximate surface area is 252 Å². The van der Waals surface area contributed by atoms with E-state index in [1.807, 2.05) is 35.9 Å². The number of hydroxylamine groups is 2. The van der Waals surface area contributed by atoms with E-state index < -0.39 is 0 Å². The molecular weight excluding hydrogens is 583 g/mol. The number of nitrogens with one attached hydrogen (secondary N) is 1. The number of halogens is 2. The van der Waals surface area contributed by atoms with Gasteiger partial charge in [0.1, 0.15) is 18.4 Å². The maximum atomic E-state index is 13.0. The predicted octanol–water partition coefficient (Wildman–Crippen LogP) is 5.71. The van der Waals surface area contributed by atoms with Crippen molar-refractivity contribution in [3.63, 3.8) is 0 Å². The number of ether oxygens (including phenoxy) is 1. The third-order valence-corrected chi connectivity index (χ3v) is 7.83. The van der Waals surface area contributed by atoms with Gasteiger partial charge in [-0.25, -0.2) is 4.98 Å². The topological polar surface area (TPSA) is 116 Å². The maximum Gasteiger partial charge on any atom is 0.305 e. The summed E-state index contributed by atoms with van der Waals surface area (Å²) in [6.45, 7) is 0.454. The van der Waals surface area contributed by atoms with E-state index in [1.165, 1.54) is 7.11 Å². The molecule has 3 heterocycles. The summed E-state index contributed by atoms with van der Waals surface area (Å²) >= 11 is 13.0. The fraction of sp³-hybridized carbons (Fsp3) is 0.333. The molecule has 0 unspecified atom stereocenters. The van der Waals surface area contributed by atoms with Gasteiger partial charge in [0.2, 0.25) is 5.89 Å². The van der Waals surface area contributed by atoms with E-state index in [9.17, 15) is 14.4 Å². The number of hydrogen-bond acceptors (Lipinski definition) is 8. The summed E-state index contributed by atoms with van der Waals surface area (Å²) < 4.78 is 12.4. The summed E-state index contributed by atoms with van der Waals surface area (Å²) in [5.74, 6) is 0.234. The van der Waals surface area contributed by atoms with Crippen LogP contribution in [0.4, 0.5) is 5.69 Å². The van der Waals surface area contributed by atoms with Gasteiger partial charge < -0.3 is 19.0 Å². The minimum Gasteiger partial charge on any atom is -0.469 e. The number of aryl methyl sites for hydroxylation is 2. The van der Waals surface area contributed by atoms with Gasteiger partial charge in [-0.15, -0.1) is 0 Å². The van der Waals surface area contributed by atoms with E-state index in [4.69, 9.17) is 32.5 Å². The van der Waals surface area contributed by atoms with Gasteiger partial charge in [0.15, 0.2) is 5.78 Å². The minimum absolute atomic E-state index is 0.00525. The van der Waals surface area contributed by atoms with Crippen LogP contribution in [0.3, 0.4) is 0 Å². The number of para-hydroxylation sites is 1. The summed E-state index contributed by atoms with van der Waals surface area (Å²) in [5, 5.41) is 5.93. The van der Waals surface area contributed by atoms with Crippen molar-refractivity contribution < 1.29 is 28.4 Å². The van der Waals surface area contributed by atoms with E-state index in [0.29, 0.717) is 46.5 Å². The van der Waals surface area contributed by atoms with Gasteiger partial charge in [-0.1, -0.05) is 41.4 Å². The average Bonchev–Trinajstić information content (AvgIpc) is 3.72. The number of nitrogens with zero attached hydrogens (tertiary/aromatic N) is 3. The molecule has 4 aromatic rings. The number of anilines is 1. The van der Waals surface area contributed by atoms with Crippen LogP contribution in [0, 0.1) is 0 Å². The van der Waals surface area contributed by atoms with Crippen molar-refractivity contribution in [1.29, 1.82) is 0 Å². The SMILES string of the molecule is COC(=O)CCc1cnc([C@@H]2CCCN2OCC(=O)Cc2cc(Cl)c(NC(=O)c3cn(C)c4ccccc34)cc2Cl)o1. The third kappa shape index (κ3) is 6.68. The number of methoxy groups -OCH3 is 1. The quantitative estimate of drug-likeness (QED) is 0.214. The van der Waals surface area contributed by atoms with Crippen LogP contribution in [0.2, 0.25) is 10.0 Å². The van der Waals surface area contributed by atoms with Crippen LogP contribution in [0.5, 0.6) is 0 Å². The monoisotopic (exact) mass is 612 g/mol. The van der Waals surface area contributed by atoms with Crippen molar-refractivity contribution in [3.8, 4) is 0 Å². The molecule has 12 heteroatoms. The van der Waals surface area contributed by atoms with Crippen molar-refractivity contribution in [3.05, 3.63) is 81.6 Å². The number of carbonyl (C=O) groups is 3. The second kappa shape index (κ2) is 13.1. The van der Waals surface area contributed by atoms with Crippen molar-refractivity contribution in [2.75, 3.05) is 25.6 Å². The molecule has 42 heavy (non-hydrogen) atoms. The van der Waals surface area contributed by atoms with Crippen LogP contribution < -0.4 is 5.32 Å². The van der Waals surface area contributed by atoms with Gasteiger partial charge in [0, 0.05) is 48.6 Å². The molecule has 2 aromatic carbocycles. The number of Topliss-reactive ketones (excluding diaryl/α,β-unsaturated/α-hetero) is 1. The molecule has 1 fully saturated rings. The Hall–Kier alpha value is -3.70. The van der Waals surface area contributed by atoms with Gasteiger partial charge >= 0.3 is 5.97 Å². The zero-order chi connectivity index (χ0) is 29.8. The number of oxazole rings is 1. The highest BCUT2D eigenvalue weighted by atomic mass is 35.5. The van der Waals surface area contributed by atoms with Crippen LogP contribution in [0.25, 0.3) is 10.9 Å². The van der Waals surface area contributed by atoms with Crippen LogP contribution in [0.15, 0.2) is 53.2 Å². The Kier molecular flexibility index (Phi) is 9.27. The number of aromatic nitrogens is 2. The Morgan fingerprint density at radius 3 is 2.79 bits per heavy atom. The molecule has 2 aromatic heterocycles. The van der Waals surface area contributed by atoms with Crippen molar-refractivity contribution in [2.45, 2.75) is 38.1 Å². The zero-order valence-electron chi connectivity index (χ0n) is 23.2. The number of ketones is 1. The molecule has 1 saturated heterocycles. The van der Waals surface area contributed by atoms with Gasteiger partial charge in [-0.2, -0.15) is 5.06 Å². The van der Waals surface area contributed by atoms with Crippen LogP contribution in [-0.4, -0.2) is 52.5 Å². The Morgan fingerprint density at radius 1 is 1.17 bits per heavy atom. The zero-order valence-corrected chi connectivity index (χ0v) is 24.7. The fourth-order valence-corrected chi connectivity index (χ4v) is 5.47. The fourth-order valence-electron chi connectivity index (χ4n) is 5.01. The molecule has 5 rings (SSSR count). The predicted molar refractivity (Wildman–Crippen MR) is 158 cm³/mol. The first-order valence-electron chi connectivity index (χ1n) is 13.5. The number of hydrogen-bond donors (Lipinski definition) is 1. The number of amides is 1. The smallest absolute Gasteiger partial charge is 0.305 e. The first-order chi connectivity index (χ1) is 20.2. The van der Waals surface area contributed by atoms with Gasteiger partial charge in [0.05, 0.1) is 36.0 Å². The molecule has 1 aliphatic heterocycles. The maximum absolute atomic E-state index is 13.0. The molecule has 0 aliphatic carbocycles. The highest BCUT2D eigenvalue weighted by molar-refractivity contribution is 6.36. The van der Waals surface area contributed by atoms with Crippen molar-refractivity contribution in [1.82, 2.24) is 14.6 Å². The number of carbonyl (C=O) groups excluding carboxylic acids is 3. The summed E-state index contributed by atoms with van der Waals surface area (Å²) in [4.78, 5) is 47.4. The van der Waals surface area contributed by atoms with Crippen LogP contribution in [-0.2, 0) is 39.1 Å². The lowest BCUT2D eigenvalue weighted by atomic mass is 10.1. The summed E-state index contributed by atoms with van der Waals surface area (Å²) in [6, 6.07) is 10.5. The summed E-state index contributed by atoms with van der Waals surface area (Å²) in [7, 11) is 3.22.